The maximum Gasteiger partial charge on any atom is 0.429 e. The number of hydrogen-bond acceptors (Lipinski definition) is 4. The minimum atomic E-state index is -0.452. The van der Waals surface area contributed by atoms with Gasteiger partial charge in [0.25, 0.3) is 0 Å². The molecule has 0 spiro atoms. The molecule has 2 amide bonds. The van der Waals surface area contributed by atoms with Gasteiger partial charge in [0, 0.05) is 19.5 Å². The Morgan fingerprint density at radius 3 is 2.52 bits per heavy atom. The maximum absolute atomic E-state index is 12.3. The molecule has 1 fully saturated rings. The smallest absolute Gasteiger partial charge is 0.429 e. The van der Waals surface area contributed by atoms with E-state index in [4.69, 9.17) is 4.74 Å². The van der Waals surface area contributed by atoms with E-state index in [1.54, 1.807) is 0 Å². The van der Waals surface area contributed by atoms with Crippen molar-refractivity contribution in [1.29, 1.82) is 0 Å². The second-order valence-electron chi connectivity index (χ2n) is 5.94. The molecule has 6 nitrogen and oxygen atoms in total. The standard InChI is InChI=1S/C17H25N3O3/c1-18(2)11-6-10-16(21)19-12-7-13-20(19)17(22)23-14-15-8-4-3-5-9-15/h3-5,8-9H,6-7,10-14H2,1-2H3. The van der Waals surface area contributed by atoms with E-state index in [2.05, 4.69) is 0 Å². The average molecular weight is 319 g/mol. The number of amides is 2. The van der Waals surface area contributed by atoms with E-state index in [9.17, 15) is 9.59 Å². The van der Waals surface area contributed by atoms with Crippen molar-refractivity contribution in [2.75, 3.05) is 33.7 Å². The summed E-state index contributed by atoms with van der Waals surface area (Å²) in [4.78, 5) is 26.5. The van der Waals surface area contributed by atoms with Gasteiger partial charge in [-0.2, -0.15) is 0 Å². The van der Waals surface area contributed by atoms with Crippen LogP contribution in [0.25, 0.3) is 0 Å². The van der Waals surface area contributed by atoms with Crippen LogP contribution in [0.3, 0.4) is 0 Å². The van der Waals surface area contributed by atoms with Crippen molar-refractivity contribution >= 4 is 12.0 Å². The molecule has 0 unspecified atom stereocenters. The lowest BCUT2D eigenvalue weighted by molar-refractivity contribution is -0.141. The van der Waals surface area contributed by atoms with Gasteiger partial charge in [-0.3, -0.25) is 4.79 Å². The minimum Gasteiger partial charge on any atom is -0.443 e. The number of rotatable bonds is 6. The highest BCUT2D eigenvalue weighted by Gasteiger charge is 2.31. The summed E-state index contributed by atoms with van der Waals surface area (Å²) in [7, 11) is 3.96. The first-order valence-corrected chi connectivity index (χ1v) is 8.01. The molecule has 0 atom stereocenters. The molecule has 0 bridgehead atoms. The number of hydrogen-bond donors (Lipinski definition) is 0. The van der Waals surface area contributed by atoms with Gasteiger partial charge in [0.1, 0.15) is 6.61 Å². The summed E-state index contributed by atoms with van der Waals surface area (Å²) in [5, 5.41) is 2.96. The molecule has 1 aromatic rings. The molecular formula is C17H25N3O3. The zero-order valence-electron chi connectivity index (χ0n) is 13.9. The van der Waals surface area contributed by atoms with Crippen LogP contribution in [0.4, 0.5) is 4.79 Å². The second-order valence-corrected chi connectivity index (χ2v) is 5.94. The number of hydrazine groups is 1. The minimum absolute atomic E-state index is 0.0130. The molecule has 1 saturated heterocycles. The first-order chi connectivity index (χ1) is 11.1. The van der Waals surface area contributed by atoms with Crippen molar-refractivity contribution in [3.63, 3.8) is 0 Å². The van der Waals surface area contributed by atoms with Gasteiger partial charge in [-0.05, 0) is 39.0 Å². The third kappa shape index (κ3) is 5.25. The lowest BCUT2D eigenvalue weighted by Crippen LogP contribution is -2.45. The van der Waals surface area contributed by atoms with Gasteiger partial charge in [0.15, 0.2) is 0 Å². The molecular weight excluding hydrogens is 294 g/mol. The van der Waals surface area contributed by atoms with Crippen LogP contribution in [0.15, 0.2) is 30.3 Å². The fourth-order valence-corrected chi connectivity index (χ4v) is 2.53. The first kappa shape index (κ1) is 17.3. The number of carbonyl (C=O) groups is 2. The van der Waals surface area contributed by atoms with E-state index in [0.717, 1.165) is 24.9 Å². The van der Waals surface area contributed by atoms with Crippen LogP contribution in [0.1, 0.15) is 24.8 Å². The molecule has 6 heteroatoms. The van der Waals surface area contributed by atoms with Gasteiger partial charge in [0.05, 0.1) is 0 Å². The molecule has 1 aliphatic heterocycles. The van der Waals surface area contributed by atoms with Crippen molar-refractivity contribution in [2.45, 2.75) is 25.9 Å². The van der Waals surface area contributed by atoms with E-state index in [1.165, 1.54) is 10.0 Å². The largest absolute Gasteiger partial charge is 0.443 e. The lowest BCUT2D eigenvalue weighted by atomic mass is 10.2. The van der Waals surface area contributed by atoms with Crippen LogP contribution in [0, 0.1) is 0 Å². The number of nitrogens with zero attached hydrogens (tertiary/aromatic N) is 3. The Morgan fingerprint density at radius 1 is 1.13 bits per heavy atom. The molecule has 2 rings (SSSR count). The highest BCUT2D eigenvalue weighted by atomic mass is 16.6. The van der Waals surface area contributed by atoms with Crippen molar-refractivity contribution in [1.82, 2.24) is 14.9 Å². The number of ether oxygens (including phenoxy) is 1. The van der Waals surface area contributed by atoms with Crippen molar-refractivity contribution in [2.24, 2.45) is 0 Å². The zero-order valence-corrected chi connectivity index (χ0v) is 13.9. The molecule has 1 aromatic carbocycles. The first-order valence-electron chi connectivity index (χ1n) is 8.01. The molecule has 0 radical (unpaired) electrons. The topological polar surface area (TPSA) is 53.1 Å². The van der Waals surface area contributed by atoms with E-state index in [0.29, 0.717) is 19.5 Å². The molecule has 23 heavy (non-hydrogen) atoms. The fourth-order valence-electron chi connectivity index (χ4n) is 2.53. The predicted octanol–water partition coefficient (Wildman–Crippen LogP) is 2.11. The zero-order chi connectivity index (χ0) is 16.7. The van der Waals surface area contributed by atoms with Crippen LogP contribution in [-0.4, -0.2) is 60.6 Å². The Bertz CT molecular complexity index is 519. The summed E-state index contributed by atoms with van der Waals surface area (Å²) in [6.07, 6.45) is 1.57. The quantitative estimate of drug-likeness (QED) is 0.806. The van der Waals surface area contributed by atoms with Crippen LogP contribution in [0.2, 0.25) is 0 Å². The molecule has 0 N–H and O–H groups in total. The van der Waals surface area contributed by atoms with E-state index in [1.807, 2.05) is 49.3 Å². The Labute approximate surface area is 137 Å². The maximum atomic E-state index is 12.3. The van der Waals surface area contributed by atoms with Crippen LogP contribution < -0.4 is 0 Å². The van der Waals surface area contributed by atoms with Crippen molar-refractivity contribution in [3.8, 4) is 0 Å². The molecule has 0 saturated carbocycles. The SMILES string of the molecule is CN(C)CCCC(=O)N1CCCN1C(=O)OCc1ccccc1. The third-order valence-electron chi connectivity index (χ3n) is 3.73. The van der Waals surface area contributed by atoms with Gasteiger partial charge in [-0.25, -0.2) is 14.8 Å². The number of benzene rings is 1. The molecule has 1 heterocycles. The van der Waals surface area contributed by atoms with E-state index >= 15 is 0 Å². The van der Waals surface area contributed by atoms with Gasteiger partial charge in [0.2, 0.25) is 5.91 Å². The van der Waals surface area contributed by atoms with Crippen LogP contribution in [-0.2, 0) is 16.1 Å². The Kier molecular flexibility index (Phi) is 6.40. The third-order valence-corrected chi connectivity index (χ3v) is 3.73. The highest BCUT2D eigenvalue weighted by Crippen LogP contribution is 2.15. The molecule has 126 valence electrons. The number of carbonyl (C=O) groups excluding carboxylic acids is 2. The monoisotopic (exact) mass is 319 g/mol. The summed E-state index contributed by atoms with van der Waals surface area (Å²) in [6.45, 7) is 2.20. The molecule has 0 aromatic heterocycles. The fraction of sp³-hybridized carbons (Fsp3) is 0.529. The predicted molar refractivity (Wildman–Crippen MR) is 87.5 cm³/mol. The Balaban J connectivity index is 1.82. The summed E-state index contributed by atoms with van der Waals surface area (Å²) in [6, 6.07) is 9.53. The normalized spacial score (nSPS) is 14.4. The van der Waals surface area contributed by atoms with Crippen LogP contribution in [0.5, 0.6) is 0 Å². The van der Waals surface area contributed by atoms with E-state index in [-0.39, 0.29) is 12.5 Å². The van der Waals surface area contributed by atoms with Crippen molar-refractivity contribution in [3.05, 3.63) is 35.9 Å². The van der Waals surface area contributed by atoms with Crippen LogP contribution >= 0.6 is 0 Å². The molecule has 0 aliphatic carbocycles. The van der Waals surface area contributed by atoms with E-state index < -0.39 is 6.09 Å². The second kappa shape index (κ2) is 8.53. The summed E-state index contributed by atoms with van der Waals surface area (Å²) in [5.41, 5.74) is 0.934. The summed E-state index contributed by atoms with van der Waals surface area (Å²) in [5.74, 6) is -0.0130. The van der Waals surface area contributed by atoms with Gasteiger partial charge >= 0.3 is 6.09 Å². The van der Waals surface area contributed by atoms with Gasteiger partial charge < -0.3 is 9.64 Å². The van der Waals surface area contributed by atoms with Crippen molar-refractivity contribution < 1.29 is 14.3 Å². The molecule has 1 aliphatic rings. The highest BCUT2D eigenvalue weighted by molar-refractivity contribution is 5.79. The Morgan fingerprint density at radius 2 is 1.83 bits per heavy atom. The van der Waals surface area contributed by atoms with Gasteiger partial charge in [-0.1, -0.05) is 30.3 Å². The van der Waals surface area contributed by atoms with Gasteiger partial charge in [-0.15, -0.1) is 0 Å². The average Bonchev–Trinajstić information content (AvgIpc) is 3.03. The Hall–Kier alpha value is -2.08. The summed E-state index contributed by atoms with van der Waals surface area (Å²) < 4.78 is 5.32. The lowest BCUT2D eigenvalue weighted by Gasteiger charge is -2.27. The summed E-state index contributed by atoms with van der Waals surface area (Å²) >= 11 is 0.